The lowest BCUT2D eigenvalue weighted by atomic mass is 9.73. The van der Waals surface area contributed by atoms with Gasteiger partial charge in [-0.15, -0.1) is 0 Å². The zero-order chi connectivity index (χ0) is 13.1. The summed E-state index contributed by atoms with van der Waals surface area (Å²) < 4.78 is 6.06. The summed E-state index contributed by atoms with van der Waals surface area (Å²) in [5.74, 6) is 2.26. The normalized spacial score (nSPS) is 40.0. The van der Waals surface area contributed by atoms with Crippen molar-refractivity contribution in [3.63, 3.8) is 0 Å². The third-order valence-electron chi connectivity index (χ3n) is 5.33. The topological polar surface area (TPSA) is 21.3 Å². The molecule has 2 rings (SSSR count). The second kappa shape index (κ2) is 6.38. The maximum Gasteiger partial charge on any atom is 0.0597 e. The van der Waals surface area contributed by atoms with E-state index in [9.17, 15) is 0 Å². The fourth-order valence-electron chi connectivity index (χ4n) is 4.26. The van der Waals surface area contributed by atoms with Gasteiger partial charge in [-0.1, -0.05) is 33.1 Å². The van der Waals surface area contributed by atoms with E-state index in [1.54, 1.807) is 0 Å². The SMILES string of the molecule is CCNC(C1CCCCC1)C1C(C)OC(C)C1C. The Morgan fingerprint density at radius 2 is 1.72 bits per heavy atom. The van der Waals surface area contributed by atoms with Crippen LogP contribution < -0.4 is 5.32 Å². The van der Waals surface area contributed by atoms with Crippen LogP contribution in [-0.4, -0.2) is 24.8 Å². The van der Waals surface area contributed by atoms with Gasteiger partial charge in [0.15, 0.2) is 0 Å². The van der Waals surface area contributed by atoms with Crippen molar-refractivity contribution in [2.24, 2.45) is 17.8 Å². The number of hydrogen-bond donors (Lipinski definition) is 1. The molecule has 18 heavy (non-hydrogen) atoms. The van der Waals surface area contributed by atoms with Crippen LogP contribution >= 0.6 is 0 Å². The molecule has 2 aliphatic rings. The molecule has 1 saturated heterocycles. The fraction of sp³-hybridized carbons (Fsp3) is 1.00. The minimum absolute atomic E-state index is 0.418. The van der Waals surface area contributed by atoms with Crippen LogP contribution in [-0.2, 0) is 4.74 Å². The zero-order valence-electron chi connectivity index (χ0n) is 12.6. The van der Waals surface area contributed by atoms with Gasteiger partial charge in [0.2, 0.25) is 0 Å². The molecular formula is C16H31NO. The van der Waals surface area contributed by atoms with Crippen LogP contribution in [0.1, 0.15) is 59.8 Å². The van der Waals surface area contributed by atoms with E-state index < -0.39 is 0 Å². The Balaban J connectivity index is 2.08. The summed E-state index contributed by atoms with van der Waals surface area (Å²) in [7, 11) is 0. The van der Waals surface area contributed by atoms with Crippen LogP contribution in [0.3, 0.4) is 0 Å². The molecule has 0 aromatic heterocycles. The van der Waals surface area contributed by atoms with Gasteiger partial charge in [0.05, 0.1) is 12.2 Å². The number of ether oxygens (including phenoxy) is 1. The third kappa shape index (κ3) is 2.91. The highest BCUT2D eigenvalue weighted by Crippen LogP contribution is 2.40. The molecule has 1 aliphatic carbocycles. The Labute approximate surface area is 113 Å². The molecule has 0 aromatic rings. The Morgan fingerprint density at radius 1 is 1.06 bits per heavy atom. The van der Waals surface area contributed by atoms with Crippen molar-refractivity contribution in [1.82, 2.24) is 5.32 Å². The summed E-state index contributed by atoms with van der Waals surface area (Å²) in [6.45, 7) is 10.2. The number of rotatable bonds is 4. The highest BCUT2D eigenvalue weighted by atomic mass is 16.5. The molecule has 0 bridgehead atoms. The molecule has 2 fully saturated rings. The average Bonchev–Trinajstić information content (AvgIpc) is 2.62. The molecule has 106 valence electrons. The van der Waals surface area contributed by atoms with Crippen LogP contribution in [0.2, 0.25) is 0 Å². The molecule has 0 aromatic carbocycles. The van der Waals surface area contributed by atoms with Crippen LogP contribution in [0.5, 0.6) is 0 Å². The van der Waals surface area contributed by atoms with Crippen molar-refractivity contribution in [2.45, 2.75) is 78.0 Å². The molecule has 0 radical (unpaired) electrons. The average molecular weight is 253 g/mol. The zero-order valence-corrected chi connectivity index (χ0v) is 12.6. The van der Waals surface area contributed by atoms with E-state index in [4.69, 9.17) is 4.74 Å². The van der Waals surface area contributed by atoms with Crippen molar-refractivity contribution in [3.05, 3.63) is 0 Å². The van der Waals surface area contributed by atoms with E-state index in [0.717, 1.165) is 12.5 Å². The largest absolute Gasteiger partial charge is 0.375 e. The minimum atomic E-state index is 0.418. The van der Waals surface area contributed by atoms with E-state index >= 15 is 0 Å². The molecule has 1 saturated carbocycles. The predicted octanol–water partition coefficient (Wildman–Crippen LogP) is 3.60. The van der Waals surface area contributed by atoms with Crippen molar-refractivity contribution in [3.8, 4) is 0 Å². The summed E-state index contributed by atoms with van der Waals surface area (Å²) in [5, 5.41) is 3.80. The van der Waals surface area contributed by atoms with Crippen LogP contribution in [0.4, 0.5) is 0 Å². The van der Waals surface area contributed by atoms with Crippen LogP contribution in [0.25, 0.3) is 0 Å². The lowest BCUT2D eigenvalue weighted by molar-refractivity contribution is 0.0429. The first kappa shape index (κ1) is 14.3. The quantitative estimate of drug-likeness (QED) is 0.826. The summed E-state index contributed by atoms with van der Waals surface area (Å²) in [4.78, 5) is 0. The molecule has 5 atom stereocenters. The standard InChI is InChI=1S/C16H31NO/c1-5-17-16(14-9-7-6-8-10-14)15-11(2)12(3)18-13(15)4/h11-17H,5-10H2,1-4H3. The first-order chi connectivity index (χ1) is 8.65. The summed E-state index contributed by atoms with van der Waals surface area (Å²) in [6.07, 6.45) is 7.98. The van der Waals surface area contributed by atoms with Crippen molar-refractivity contribution < 1.29 is 4.74 Å². The Hall–Kier alpha value is -0.0800. The predicted molar refractivity (Wildman–Crippen MR) is 76.7 cm³/mol. The van der Waals surface area contributed by atoms with E-state index in [1.807, 2.05) is 0 Å². The highest BCUT2D eigenvalue weighted by molar-refractivity contribution is 4.95. The summed E-state index contributed by atoms with van der Waals surface area (Å²) in [6, 6.07) is 0.672. The Kier molecular flexibility index (Phi) is 5.08. The van der Waals surface area contributed by atoms with Gasteiger partial charge >= 0.3 is 0 Å². The third-order valence-corrected chi connectivity index (χ3v) is 5.33. The molecule has 5 unspecified atom stereocenters. The van der Waals surface area contributed by atoms with E-state index in [0.29, 0.717) is 30.1 Å². The fourth-order valence-corrected chi connectivity index (χ4v) is 4.26. The van der Waals surface area contributed by atoms with Gasteiger partial charge in [-0.25, -0.2) is 0 Å². The molecular weight excluding hydrogens is 222 g/mol. The first-order valence-electron chi connectivity index (χ1n) is 8.04. The van der Waals surface area contributed by atoms with Crippen LogP contribution in [0, 0.1) is 17.8 Å². The minimum Gasteiger partial charge on any atom is -0.375 e. The molecule has 1 N–H and O–H groups in total. The van der Waals surface area contributed by atoms with Gasteiger partial charge in [-0.3, -0.25) is 0 Å². The Morgan fingerprint density at radius 3 is 2.22 bits per heavy atom. The summed E-state index contributed by atoms with van der Waals surface area (Å²) in [5.41, 5.74) is 0. The molecule has 0 amide bonds. The van der Waals surface area contributed by atoms with Gasteiger partial charge in [-0.05, 0) is 45.1 Å². The van der Waals surface area contributed by atoms with Gasteiger partial charge in [0, 0.05) is 12.0 Å². The van der Waals surface area contributed by atoms with Crippen molar-refractivity contribution in [2.75, 3.05) is 6.54 Å². The lowest BCUT2D eigenvalue weighted by Gasteiger charge is -2.37. The van der Waals surface area contributed by atoms with E-state index in [2.05, 4.69) is 33.0 Å². The highest BCUT2D eigenvalue weighted by Gasteiger charge is 2.43. The maximum atomic E-state index is 6.06. The second-order valence-electron chi connectivity index (χ2n) is 6.46. The van der Waals surface area contributed by atoms with Gasteiger partial charge in [0.1, 0.15) is 0 Å². The van der Waals surface area contributed by atoms with Crippen molar-refractivity contribution >= 4 is 0 Å². The maximum absolute atomic E-state index is 6.06. The molecule has 1 heterocycles. The van der Waals surface area contributed by atoms with E-state index in [1.165, 1.54) is 32.1 Å². The van der Waals surface area contributed by atoms with Gasteiger partial charge in [0.25, 0.3) is 0 Å². The second-order valence-corrected chi connectivity index (χ2v) is 6.46. The van der Waals surface area contributed by atoms with E-state index in [-0.39, 0.29) is 0 Å². The van der Waals surface area contributed by atoms with Gasteiger partial charge in [-0.2, -0.15) is 0 Å². The lowest BCUT2D eigenvalue weighted by Crippen LogP contribution is -2.47. The molecule has 1 aliphatic heterocycles. The Bertz CT molecular complexity index is 249. The smallest absolute Gasteiger partial charge is 0.0597 e. The summed E-state index contributed by atoms with van der Waals surface area (Å²) >= 11 is 0. The van der Waals surface area contributed by atoms with Crippen LogP contribution in [0.15, 0.2) is 0 Å². The number of hydrogen-bond acceptors (Lipinski definition) is 2. The van der Waals surface area contributed by atoms with Crippen molar-refractivity contribution in [1.29, 1.82) is 0 Å². The first-order valence-corrected chi connectivity index (χ1v) is 8.04. The van der Waals surface area contributed by atoms with Gasteiger partial charge < -0.3 is 10.1 Å². The molecule has 2 nitrogen and oxygen atoms in total. The molecule has 0 spiro atoms. The monoisotopic (exact) mass is 253 g/mol. The number of nitrogens with one attached hydrogen (secondary N) is 1. The molecule has 2 heteroatoms.